The van der Waals surface area contributed by atoms with E-state index in [1.807, 2.05) is 60.7 Å². The Kier molecular flexibility index (Phi) is 3.89. The summed E-state index contributed by atoms with van der Waals surface area (Å²) < 4.78 is 5.70. The van der Waals surface area contributed by atoms with Gasteiger partial charge in [-0.25, -0.2) is 9.97 Å². The van der Waals surface area contributed by atoms with Crippen LogP contribution in [0.15, 0.2) is 66.9 Å². The van der Waals surface area contributed by atoms with Gasteiger partial charge in [0.25, 0.3) is 0 Å². The number of rotatable bonds is 4. The Labute approximate surface area is 144 Å². The van der Waals surface area contributed by atoms with Gasteiger partial charge < -0.3 is 9.72 Å². The van der Waals surface area contributed by atoms with Gasteiger partial charge in [0.15, 0.2) is 0 Å². The Morgan fingerprint density at radius 3 is 2.54 bits per heavy atom. The molecule has 24 heavy (non-hydrogen) atoms. The van der Waals surface area contributed by atoms with E-state index in [0.29, 0.717) is 17.5 Å². The zero-order valence-electron chi connectivity index (χ0n) is 12.7. The maximum atomic E-state index is 5.87. The van der Waals surface area contributed by atoms with E-state index < -0.39 is 0 Å². The summed E-state index contributed by atoms with van der Waals surface area (Å²) >= 11 is 5.87. The second kappa shape index (κ2) is 6.34. The minimum Gasteiger partial charge on any atom is -0.473 e. The average Bonchev–Trinajstić information content (AvgIpc) is 3.06. The number of aromatic nitrogens is 3. The van der Waals surface area contributed by atoms with Crippen molar-refractivity contribution in [3.63, 3.8) is 0 Å². The van der Waals surface area contributed by atoms with Crippen LogP contribution in [-0.2, 0) is 6.61 Å². The van der Waals surface area contributed by atoms with Crippen LogP contribution in [0.3, 0.4) is 0 Å². The van der Waals surface area contributed by atoms with E-state index >= 15 is 0 Å². The monoisotopic (exact) mass is 335 g/mol. The minimum absolute atomic E-state index is 0.453. The largest absolute Gasteiger partial charge is 0.473 e. The fourth-order valence-electron chi connectivity index (χ4n) is 2.43. The predicted molar refractivity (Wildman–Crippen MR) is 95.1 cm³/mol. The molecule has 0 bridgehead atoms. The van der Waals surface area contributed by atoms with Gasteiger partial charge in [-0.1, -0.05) is 35.9 Å². The van der Waals surface area contributed by atoms with Crippen molar-refractivity contribution in [3.05, 3.63) is 77.4 Å². The Morgan fingerprint density at radius 1 is 0.958 bits per heavy atom. The highest BCUT2D eigenvalue weighted by Crippen LogP contribution is 2.21. The van der Waals surface area contributed by atoms with Gasteiger partial charge >= 0.3 is 0 Å². The standard InChI is InChI=1S/C19H14ClN3O/c20-15-8-5-13(6-9-15)12-24-18-10-7-14(11-21-18)19-22-16-3-1-2-4-17(16)23-19/h1-11H,12H2,(H,22,23). The van der Waals surface area contributed by atoms with Crippen LogP contribution in [0.2, 0.25) is 5.02 Å². The summed E-state index contributed by atoms with van der Waals surface area (Å²) in [6.45, 7) is 0.453. The van der Waals surface area contributed by atoms with Crippen LogP contribution in [0, 0.1) is 0 Å². The lowest BCUT2D eigenvalue weighted by molar-refractivity contribution is 0.294. The lowest BCUT2D eigenvalue weighted by Gasteiger charge is -2.06. The first-order chi connectivity index (χ1) is 11.8. The summed E-state index contributed by atoms with van der Waals surface area (Å²) in [4.78, 5) is 12.2. The van der Waals surface area contributed by atoms with Crippen LogP contribution < -0.4 is 4.74 Å². The number of nitrogens with zero attached hydrogens (tertiary/aromatic N) is 2. The van der Waals surface area contributed by atoms with Crippen molar-refractivity contribution < 1.29 is 4.74 Å². The molecule has 0 radical (unpaired) electrons. The second-order valence-corrected chi connectivity index (χ2v) is 5.84. The molecule has 0 atom stereocenters. The molecule has 0 unspecified atom stereocenters. The van der Waals surface area contributed by atoms with Gasteiger partial charge in [0.1, 0.15) is 12.4 Å². The number of hydrogen-bond acceptors (Lipinski definition) is 3. The third kappa shape index (κ3) is 3.09. The summed E-state index contributed by atoms with van der Waals surface area (Å²) in [6.07, 6.45) is 1.76. The highest BCUT2D eigenvalue weighted by molar-refractivity contribution is 6.30. The van der Waals surface area contributed by atoms with Crippen molar-refractivity contribution in [1.82, 2.24) is 15.0 Å². The quantitative estimate of drug-likeness (QED) is 0.579. The third-order valence-corrected chi connectivity index (χ3v) is 3.95. The molecule has 0 saturated heterocycles. The predicted octanol–water partition coefficient (Wildman–Crippen LogP) is 4.86. The lowest BCUT2D eigenvalue weighted by Crippen LogP contribution is -1.97. The normalized spacial score (nSPS) is 10.9. The summed E-state index contributed by atoms with van der Waals surface area (Å²) in [5.41, 5.74) is 3.92. The first-order valence-electron chi connectivity index (χ1n) is 7.56. The molecule has 0 aliphatic heterocycles. The van der Waals surface area contributed by atoms with Crippen molar-refractivity contribution in [3.8, 4) is 17.3 Å². The zero-order valence-corrected chi connectivity index (χ0v) is 13.5. The van der Waals surface area contributed by atoms with Crippen LogP contribution in [0.4, 0.5) is 0 Å². The molecule has 4 aromatic rings. The smallest absolute Gasteiger partial charge is 0.213 e. The molecule has 2 aromatic heterocycles. The van der Waals surface area contributed by atoms with Gasteiger partial charge in [0.05, 0.1) is 11.0 Å². The van der Waals surface area contributed by atoms with Crippen molar-refractivity contribution in [2.24, 2.45) is 0 Å². The van der Waals surface area contributed by atoms with Crippen molar-refractivity contribution in [1.29, 1.82) is 0 Å². The molecule has 2 aromatic carbocycles. The number of para-hydroxylation sites is 2. The van der Waals surface area contributed by atoms with Gasteiger partial charge in [-0.2, -0.15) is 0 Å². The summed E-state index contributed by atoms with van der Waals surface area (Å²) in [7, 11) is 0. The Bertz CT molecular complexity index is 929. The number of benzene rings is 2. The molecule has 0 saturated carbocycles. The number of aromatic amines is 1. The Balaban J connectivity index is 1.48. The van der Waals surface area contributed by atoms with Crippen LogP contribution in [0.25, 0.3) is 22.4 Å². The highest BCUT2D eigenvalue weighted by Gasteiger charge is 2.06. The number of hydrogen-bond donors (Lipinski definition) is 1. The maximum absolute atomic E-state index is 5.87. The molecular weight excluding hydrogens is 322 g/mol. The number of H-pyrrole nitrogens is 1. The molecule has 0 spiro atoms. The number of ether oxygens (including phenoxy) is 1. The Morgan fingerprint density at radius 2 is 1.79 bits per heavy atom. The van der Waals surface area contributed by atoms with E-state index in [4.69, 9.17) is 16.3 Å². The van der Waals surface area contributed by atoms with Crippen LogP contribution in [0.5, 0.6) is 5.88 Å². The Hall–Kier alpha value is -2.85. The number of halogens is 1. The molecule has 4 rings (SSSR count). The number of nitrogens with one attached hydrogen (secondary N) is 1. The fourth-order valence-corrected chi connectivity index (χ4v) is 2.56. The molecule has 1 N–H and O–H groups in total. The highest BCUT2D eigenvalue weighted by atomic mass is 35.5. The van der Waals surface area contributed by atoms with Gasteiger partial charge in [0.2, 0.25) is 5.88 Å². The first-order valence-corrected chi connectivity index (χ1v) is 7.94. The van der Waals surface area contributed by atoms with E-state index in [0.717, 1.165) is 28.0 Å². The van der Waals surface area contributed by atoms with Crippen LogP contribution >= 0.6 is 11.6 Å². The van der Waals surface area contributed by atoms with Crippen molar-refractivity contribution in [2.75, 3.05) is 0 Å². The van der Waals surface area contributed by atoms with Gasteiger partial charge in [-0.3, -0.25) is 0 Å². The molecule has 5 heteroatoms. The summed E-state index contributed by atoms with van der Waals surface area (Å²) in [6, 6.07) is 19.3. The number of imidazole rings is 1. The molecule has 118 valence electrons. The van der Waals surface area contributed by atoms with E-state index in [1.165, 1.54) is 0 Å². The second-order valence-electron chi connectivity index (χ2n) is 5.40. The average molecular weight is 336 g/mol. The number of pyridine rings is 1. The fraction of sp³-hybridized carbons (Fsp3) is 0.0526. The summed E-state index contributed by atoms with van der Waals surface area (Å²) in [5, 5.41) is 0.715. The van der Waals surface area contributed by atoms with Gasteiger partial charge in [0, 0.05) is 22.8 Å². The topological polar surface area (TPSA) is 50.8 Å². The van der Waals surface area contributed by atoms with Gasteiger partial charge in [-0.05, 0) is 35.9 Å². The SMILES string of the molecule is Clc1ccc(COc2ccc(-c3nc4ccccc4[nH]3)cn2)cc1. The van der Waals surface area contributed by atoms with Crippen molar-refractivity contribution in [2.45, 2.75) is 6.61 Å². The van der Waals surface area contributed by atoms with Crippen LogP contribution in [0.1, 0.15) is 5.56 Å². The van der Waals surface area contributed by atoms with E-state index in [1.54, 1.807) is 6.20 Å². The third-order valence-electron chi connectivity index (χ3n) is 3.70. The van der Waals surface area contributed by atoms with E-state index in [9.17, 15) is 0 Å². The summed E-state index contributed by atoms with van der Waals surface area (Å²) in [5.74, 6) is 1.37. The molecule has 4 nitrogen and oxygen atoms in total. The molecule has 0 fully saturated rings. The van der Waals surface area contributed by atoms with E-state index in [-0.39, 0.29) is 0 Å². The maximum Gasteiger partial charge on any atom is 0.213 e. The number of fused-ring (bicyclic) bond motifs is 1. The minimum atomic E-state index is 0.453. The molecule has 0 aliphatic rings. The van der Waals surface area contributed by atoms with Gasteiger partial charge in [-0.15, -0.1) is 0 Å². The van der Waals surface area contributed by atoms with E-state index in [2.05, 4.69) is 15.0 Å². The molecule has 0 aliphatic carbocycles. The molecule has 2 heterocycles. The van der Waals surface area contributed by atoms with Crippen LogP contribution in [-0.4, -0.2) is 15.0 Å². The lowest BCUT2D eigenvalue weighted by atomic mass is 10.2. The first kappa shape index (κ1) is 14.7. The zero-order chi connectivity index (χ0) is 16.4. The van der Waals surface area contributed by atoms with Crippen molar-refractivity contribution >= 4 is 22.6 Å². The molecular formula is C19H14ClN3O. The molecule has 0 amide bonds.